The minimum atomic E-state index is -1.31. The molecule has 0 atom stereocenters. The van der Waals surface area contributed by atoms with Crippen molar-refractivity contribution in [3.05, 3.63) is 54.1 Å². The molecule has 0 aromatic heterocycles. The van der Waals surface area contributed by atoms with Gasteiger partial charge in [0, 0.05) is 0 Å². The van der Waals surface area contributed by atoms with E-state index in [4.69, 9.17) is 0 Å². The van der Waals surface area contributed by atoms with Crippen molar-refractivity contribution in [2.45, 2.75) is 45.8 Å². The van der Waals surface area contributed by atoms with E-state index in [-0.39, 0.29) is 5.41 Å². The second-order valence-corrected chi connectivity index (χ2v) is 12.7. The minimum absolute atomic E-state index is 0.219. The molecule has 0 N–H and O–H groups in total. The van der Waals surface area contributed by atoms with Crippen LogP contribution in [0.3, 0.4) is 0 Å². The summed E-state index contributed by atoms with van der Waals surface area (Å²) < 4.78 is 0. The monoisotopic (exact) mass is 282 g/mol. The summed E-state index contributed by atoms with van der Waals surface area (Å²) in [5.41, 5.74) is 4.37. The van der Waals surface area contributed by atoms with Gasteiger partial charge in [-0.15, -0.1) is 0 Å². The third kappa shape index (κ3) is 3.21. The summed E-state index contributed by atoms with van der Waals surface area (Å²) in [4.78, 5) is 0. The maximum Gasteiger partial charge on any atom is 0.0784 e. The van der Waals surface area contributed by atoms with Crippen LogP contribution in [0.5, 0.6) is 0 Å². The molecule has 0 bridgehead atoms. The molecule has 0 saturated heterocycles. The van der Waals surface area contributed by atoms with Crippen LogP contribution in [0.4, 0.5) is 0 Å². The Labute approximate surface area is 124 Å². The van der Waals surface area contributed by atoms with Crippen molar-refractivity contribution in [1.29, 1.82) is 0 Å². The lowest BCUT2D eigenvalue weighted by atomic mass is 9.86. The fourth-order valence-corrected chi connectivity index (χ4v) is 4.17. The van der Waals surface area contributed by atoms with Crippen LogP contribution in [0.15, 0.2) is 48.5 Å². The highest BCUT2D eigenvalue weighted by Gasteiger charge is 2.20. The summed E-state index contributed by atoms with van der Waals surface area (Å²) in [7, 11) is -1.31. The zero-order chi connectivity index (χ0) is 15.0. The van der Waals surface area contributed by atoms with E-state index in [0.29, 0.717) is 0 Å². The summed E-state index contributed by atoms with van der Waals surface area (Å²) >= 11 is 0. The summed E-state index contributed by atoms with van der Waals surface area (Å²) in [6.07, 6.45) is 0. The van der Waals surface area contributed by atoms with Crippen LogP contribution in [0.1, 0.15) is 26.3 Å². The lowest BCUT2D eigenvalue weighted by molar-refractivity contribution is 0.590. The van der Waals surface area contributed by atoms with Gasteiger partial charge in [-0.1, -0.05) is 94.1 Å². The van der Waals surface area contributed by atoms with Crippen LogP contribution in [-0.2, 0) is 5.41 Å². The highest BCUT2D eigenvalue weighted by molar-refractivity contribution is 6.89. The van der Waals surface area contributed by atoms with Gasteiger partial charge in [-0.25, -0.2) is 0 Å². The van der Waals surface area contributed by atoms with Gasteiger partial charge in [-0.05, 0) is 22.1 Å². The van der Waals surface area contributed by atoms with Gasteiger partial charge in [0.1, 0.15) is 0 Å². The fourth-order valence-electron chi connectivity index (χ4n) is 2.54. The SMILES string of the molecule is CC(C)(C)c1ccc(-c2ccccc2[Si](C)(C)C)cc1. The van der Waals surface area contributed by atoms with Crippen LogP contribution >= 0.6 is 0 Å². The number of hydrogen-bond donors (Lipinski definition) is 0. The first-order chi connectivity index (χ1) is 9.19. The Kier molecular flexibility index (Phi) is 3.92. The van der Waals surface area contributed by atoms with Crippen LogP contribution in [0, 0.1) is 0 Å². The third-order valence-electron chi connectivity index (χ3n) is 3.80. The topological polar surface area (TPSA) is 0 Å². The molecule has 2 aromatic rings. The van der Waals surface area contributed by atoms with Crippen molar-refractivity contribution in [1.82, 2.24) is 0 Å². The molecule has 0 aliphatic carbocycles. The summed E-state index contributed by atoms with van der Waals surface area (Å²) in [6.45, 7) is 14.0. The van der Waals surface area contributed by atoms with Crippen LogP contribution in [-0.4, -0.2) is 8.07 Å². The van der Waals surface area contributed by atoms with Gasteiger partial charge in [0.25, 0.3) is 0 Å². The Morgan fingerprint density at radius 3 is 1.80 bits per heavy atom. The van der Waals surface area contributed by atoms with Gasteiger partial charge in [-0.2, -0.15) is 0 Å². The van der Waals surface area contributed by atoms with Crippen molar-refractivity contribution in [2.24, 2.45) is 0 Å². The lowest BCUT2D eigenvalue weighted by Crippen LogP contribution is -2.38. The number of hydrogen-bond acceptors (Lipinski definition) is 0. The summed E-state index contributed by atoms with van der Waals surface area (Å²) in [5.74, 6) is 0. The molecule has 20 heavy (non-hydrogen) atoms. The molecule has 106 valence electrons. The normalized spacial score (nSPS) is 12.5. The molecule has 0 saturated carbocycles. The standard InChI is InChI=1S/C19H26Si/c1-19(2,3)16-13-11-15(12-14-16)17-9-7-8-10-18(17)20(4,5)6/h7-14H,1-6H3. The maximum atomic E-state index is 2.41. The molecule has 0 unspecified atom stereocenters. The van der Waals surface area contributed by atoms with E-state index in [9.17, 15) is 0 Å². The average Bonchev–Trinajstić information content (AvgIpc) is 2.37. The second kappa shape index (κ2) is 5.21. The van der Waals surface area contributed by atoms with Crippen LogP contribution < -0.4 is 5.19 Å². The molecule has 0 aliphatic rings. The van der Waals surface area contributed by atoms with E-state index in [1.165, 1.54) is 16.7 Å². The Morgan fingerprint density at radius 2 is 1.30 bits per heavy atom. The molecule has 1 heteroatoms. The van der Waals surface area contributed by atoms with Gasteiger partial charge < -0.3 is 0 Å². The number of benzene rings is 2. The lowest BCUT2D eigenvalue weighted by Gasteiger charge is -2.22. The molecule has 0 fully saturated rings. The molecule has 0 heterocycles. The van der Waals surface area contributed by atoms with Crippen molar-refractivity contribution in [2.75, 3.05) is 0 Å². The zero-order valence-electron chi connectivity index (χ0n) is 13.6. The molecule has 0 spiro atoms. The Morgan fingerprint density at radius 1 is 0.750 bits per heavy atom. The summed E-state index contributed by atoms with van der Waals surface area (Å²) in [5, 5.41) is 1.54. The van der Waals surface area contributed by atoms with Crippen molar-refractivity contribution in [3.63, 3.8) is 0 Å². The molecule has 2 rings (SSSR count). The molecular weight excluding hydrogens is 256 g/mol. The molecule has 0 nitrogen and oxygen atoms in total. The van der Waals surface area contributed by atoms with E-state index in [0.717, 1.165) is 0 Å². The molecule has 0 radical (unpaired) electrons. The van der Waals surface area contributed by atoms with E-state index >= 15 is 0 Å². The fraction of sp³-hybridized carbons (Fsp3) is 0.368. The van der Waals surface area contributed by atoms with E-state index < -0.39 is 8.07 Å². The first-order valence-corrected chi connectivity index (χ1v) is 10.9. The maximum absolute atomic E-state index is 2.41. The highest BCUT2D eigenvalue weighted by Crippen LogP contribution is 2.26. The average molecular weight is 283 g/mol. The highest BCUT2D eigenvalue weighted by atomic mass is 28.3. The van der Waals surface area contributed by atoms with E-state index in [1.807, 2.05) is 0 Å². The van der Waals surface area contributed by atoms with Crippen LogP contribution in [0.2, 0.25) is 19.6 Å². The third-order valence-corrected chi connectivity index (χ3v) is 5.85. The Balaban J connectivity index is 2.48. The van der Waals surface area contributed by atoms with Crippen molar-refractivity contribution < 1.29 is 0 Å². The molecular formula is C19H26Si. The first-order valence-electron chi connectivity index (χ1n) is 7.40. The van der Waals surface area contributed by atoms with Crippen molar-refractivity contribution in [3.8, 4) is 11.1 Å². The van der Waals surface area contributed by atoms with Gasteiger partial charge in [-0.3, -0.25) is 0 Å². The molecule has 0 amide bonds. The number of rotatable bonds is 2. The largest absolute Gasteiger partial charge is 0.0784 e. The van der Waals surface area contributed by atoms with Gasteiger partial charge in [0.2, 0.25) is 0 Å². The summed E-state index contributed by atoms with van der Waals surface area (Å²) in [6, 6.07) is 18.0. The van der Waals surface area contributed by atoms with E-state index in [1.54, 1.807) is 5.19 Å². The minimum Gasteiger partial charge on any atom is -0.0656 e. The molecule has 2 aromatic carbocycles. The van der Waals surface area contributed by atoms with E-state index in [2.05, 4.69) is 88.9 Å². The predicted octanol–water partition coefficient (Wildman–Crippen LogP) is 5.20. The Hall–Kier alpha value is -1.34. The molecule has 0 aliphatic heterocycles. The first kappa shape index (κ1) is 15.1. The predicted molar refractivity (Wildman–Crippen MR) is 93.6 cm³/mol. The zero-order valence-corrected chi connectivity index (χ0v) is 14.6. The van der Waals surface area contributed by atoms with Crippen LogP contribution in [0.25, 0.3) is 11.1 Å². The van der Waals surface area contributed by atoms with Gasteiger partial charge in [0.05, 0.1) is 8.07 Å². The van der Waals surface area contributed by atoms with Gasteiger partial charge >= 0.3 is 0 Å². The smallest absolute Gasteiger partial charge is 0.0656 e. The van der Waals surface area contributed by atoms with Gasteiger partial charge in [0.15, 0.2) is 0 Å². The second-order valence-electron chi connectivity index (χ2n) is 7.62. The Bertz CT molecular complexity index is 580. The quantitative estimate of drug-likeness (QED) is 0.664. The van der Waals surface area contributed by atoms with Crippen molar-refractivity contribution >= 4 is 13.3 Å².